The maximum absolute atomic E-state index is 12.9. The maximum atomic E-state index is 12.9. The average Bonchev–Trinajstić information content (AvgIpc) is 2.60. The summed E-state index contributed by atoms with van der Waals surface area (Å²) in [7, 11) is 0. The monoisotopic (exact) mass is 396 g/mol. The first-order valence-electron chi connectivity index (χ1n) is 8.90. The number of aryl methyl sites for hydroxylation is 1. The Bertz CT molecular complexity index is 847. The zero-order valence-corrected chi connectivity index (χ0v) is 17.2. The van der Waals surface area contributed by atoms with Crippen LogP contribution in [0.4, 0.5) is 5.82 Å². The summed E-state index contributed by atoms with van der Waals surface area (Å²) >= 11 is 7.79. The molecule has 2 aromatic heterocycles. The van der Waals surface area contributed by atoms with Crippen LogP contribution in [0.3, 0.4) is 0 Å². The lowest BCUT2D eigenvalue weighted by atomic mass is 9.98. The zero-order chi connectivity index (χ0) is 18.8. The summed E-state index contributed by atoms with van der Waals surface area (Å²) < 4.78 is 4.02. The van der Waals surface area contributed by atoms with Crippen molar-refractivity contribution in [2.75, 3.05) is 31.2 Å². The van der Waals surface area contributed by atoms with Gasteiger partial charge in [0.15, 0.2) is 11.5 Å². The molecule has 142 valence electrons. The van der Waals surface area contributed by atoms with Crippen LogP contribution in [-0.2, 0) is 0 Å². The number of fused-ring (bicyclic) bond motifs is 1. The Labute approximate surface area is 162 Å². The fourth-order valence-corrected chi connectivity index (χ4v) is 4.10. The average molecular weight is 397 g/mol. The van der Waals surface area contributed by atoms with Gasteiger partial charge in [0.05, 0.1) is 5.69 Å². The number of rotatable bonds is 5. The molecule has 0 radical (unpaired) electrons. The van der Waals surface area contributed by atoms with Gasteiger partial charge in [-0.25, -0.2) is 9.97 Å². The van der Waals surface area contributed by atoms with Gasteiger partial charge >= 0.3 is 0 Å². The normalized spacial score (nSPS) is 16.5. The van der Waals surface area contributed by atoms with Crippen LogP contribution < -0.4 is 10.9 Å². The minimum atomic E-state index is -0.164. The summed E-state index contributed by atoms with van der Waals surface area (Å²) in [6, 6.07) is -0.0521. The Morgan fingerprint density at radius 2 is 1.96 bits per heavy atom. The van der Waals surface area contributed by atoms with Crippen molar-refractivity contribution >= 4 is 40.5 Å². The molecule has 1 saturated heterocycles. The van der Waals surface area contributed by atoms with Gasteiger partial charge in [-0.3, -0.25) is 13.7 Å². The highest BCUT2D eigenvalue weighted by molar-refractivity contribution is 7.96. The molecule has 7 nitrogen and oxygen atoms in total. The van der Waals surface area contributed by atoms with E-state index in [9.17, 15) is 4.79 Å². The highest BCUT2D eigenvalue weighted by atomic mass is 35.5. The van der Waals surface area contributed by atoms with Crippen LogP contribution >= 0.6 is 23.5 Å². The Kier molecular flexibility index (Phi) is 6.04. The molecule has 0 spiro atoms. The van der Waals surface area contributed by atoms with Crippen molar-refractivity contribution in [1.82, 2.24) is 23.8 Å². The van der Waals surface area contributed by atoms with Crippen molar-refractivity contribution < 1.29 is 0 Å². The number of hydrogen-bond acceptors (Lipinski definition) is 7. The van der Waals surface area contributed by atoms with Crippen LogP contribution in [0.15, 0.2) is 4.79 Å². The van der Waals surface area contributed by atoms with E-state index in [4.69, 9.17) is 11.6 Å². The van der Waals surface area contributed by atoms with Gasteiger partial charge in [0.2, 0.25) is 5.28 Å². The van der Waals surface area contributed by atoms with E-state index in [1.807, 2.05) is 20.8 Å². The van der Waals surface area contributed by atoms with Crippen molar-refractivity contribution in [3.05, 3.63) is 21.3 Å². The number of hydrogen-bond donors (Lipinski definition) is 1. The lowest BCUT2D eigenvalue weighted by molar-refractivity contribution is 0.302. The third kappa shape index (κ3) is 3.97. The van der Waals surface area contributed by atoms with Crippen molar-refractivity contribution in [1.29, 1.82) is 0 Å². The van der Waals surface area contributed by atoms with Gasteiger partial charge in [-0.1, -0.05) is 11.9 Å². The van der Waals surface area contributed by atoms with E-state index < -0.39 is 0 Å². The van der Waals surface area contributed by atoms with Gasteiger partial charge in [-0.2, -0.15) is 4.98 Å². The highest BCUT2D eigenvalue weighted by Crippen LogP contribution is 2.22. The molecule has 1 aliphatic rings. The molecule has 0 aliphatic carbocycles. The second-order valence-electron chi connectivity index (χ2n) is 6.92. The predicted molar refractivity (Wildman–Crippen MR) is 108 cm³/mol. The molecular formula is C17H25ClN6OS. The van der Waals surface area contributed by atoms with Gasteiger partial charge in [-0.05, 0) is 57.4 Å². The van der Waals surface area contributed by atoms with Gasteiger partial charge in [0, 0.05) is 25.7 Å². The maximum Gasteiger partial charge on any atom is 0.295 e. The molecular weight excluding hydrogens is 372 g/mol. The summed E-state index contributed by atoms with van der Waals surface area (Å²) in [5.41, 5.74) is 1.61. The highest BCUT2D eigenvalue weighted by Gasteiger charge is 2.21. The first-order chi connectivity index (χ1) is 12.4. The molecule has 1 N–H and O–H groups in total. The number of aromatic nitrogens is 4. The minimum absolute atomic E-state index is 0.0521. The van der Waals surface area contributed by atoms with Crippen molar-refractivity contribution in [2.24, 2.45) is 5.92 Å². The van der Waals surface area contributed by atoms with Gasteiger partial charge < -0.3 is 5.32 Å². The Morgan fingerprint density at radius 1 is 1.27 bits per heavy atom. The van der Waals surface area contributed by atoms with Crippen LogP contribution in [0.1, 0.15) is 38.4 Å². The van der Waals surface area contributed by atoms with Gasteiger partial charge in [-0.15, -0.1) is 0 Å². The lowest BCUT2D eigenvalue weighted by Gasteiger charge is -2.30. The first kappa shape index (κ1) is 19.4. The van der Waals surface area contributed by atoms with Crippen molar-refractivity contribution in [2.45, 2.75) is 39.7 Å². The minimum Gasteiger partial charge on any atom is -0.365 e. The molecule has 0 amide bonds. The molecule has 1 aliphatic heterocycles. The van der Waals surface area contributed by atoms with E-state index in [0.717, 1.165) is 32.5 Å². The second-order valence-corrected chi connectivity index (χ2v) is 8.14. The number of nitrogens with zero attached hydrogens (tertiary/aromatic N) is 5. The molecule has 0 aromatic carbocycles. The zero-order valence-electron chi connectivity index (χ0n) is 15.6. The molecule has 26 heavy (non-hydrogen) atoms. The standard InChI is InChI=1S/C17H25ClN6OS/c1-10(2)24-15-13(11(3)20-17(18)22-15)21-14(16(24)25)19-9-12-5-7-23(26-4)8-6-12/h10,12H,5-9H2,1-4H3,(H,19,21). The van der Waals surface area contributed by atoms with E-state index >= 15 is 0 Å². The van der Waals surface area contributed by atoms with E-state index in [0.29, 0.717) is 28.6 Å². The van der Waals surface area contributed by atoms with Crippen LogP contribution in [-0.4, -0.2) is 49.7 Å². The number of halogens is 1. The van der Waals surface area contributed by atoms with Crippen LogP contribution in [0.5, 0.6) is 0 Å². The van der Waals surface area contributed by atoms with E-state index in [-0.39, 0.29) is 16.9 Å². The largest absolute Gasteiger partial charge is 0.365 e. The summed E-state index contributed by atoms with van der Waals surface area (Å²) in [6.07, 6.45) is 4.36. The number of nitrogens with one attached hydrogen (secondary N) is 1. The van der Waals surface area contributed by atoms with E-state index in [1.54, 1.807) is 16.5 Å². The Hall–Kier alpha value is -1.38. The van der Waals surface area contributed by atoms with Crippen LogP contribution in [0, 0.1) is 12.8 Å². The topological polar surface area (TPSA) is 75.9 Å². The van der Waals surface area contributed by atoms with E-state index in [1.165, 1.54) is 0 Å². The fraction of sp³-hybridized carbons (Fsp3) is 0.647. The Morgan fingerprint density at radius 3 is 2.58 bits per heavy atom. The second kappa shape index (κ2) is 8.10. The third-order valence-corrected chi connectivity index (χ3v) is 5.84. The van der Waals surface area contributed by atoms with Gasteiger partial charge in [0.1, 0.15) is 5.52 Å². The lowest BCUT2D eigenvalue weighted by Crippen LogP contribution is -2.33. The smallest absolute Gasteiger partial charge is 0.295 e. The summed E-state index contributed by atoms with van der Waals surface area (Å²) in [6.45, 7) is 8.66. The SMILES string of the molecule is CSN1CCC(CNc2nc3c(C)nc(Cl)nc3n(C(C)C)c2=O)CC1. The molecule has 0 atom stereocenters. The molecule has 3 heterocycles. The molecule has 3 rings (SSSR count). The summed E-state index contributed by atoms with van der Waals surface area (Å²) in [5, 5.41) is 3.42. The number of piperidine rings is 1. The van der Waals surface area contributed by atoms with Crippen molar-refractivity contribution in [3.63, 3.8) is 0 Å². The van der Waals surface area contributed by atoms with Crippen LogP contribution in [0.2, 0.25) is 5.28 Å². The van der Waals surface area contributed by atoms with E-state index in [2.05, 4.69) is 30.8 Å². The molecule has 0 unspecified atom stereocenters. The van der Waals surface area contributed by atoms with Gasteiger partial charge in [0.25, 0.3) is 5.56 Å². The third-order valence-electron chi connectivity index (χ3n) is 4.79. The number of anilines is 1. The molecule has 9 heteroatoms. The quantitative estimate of drug-likeness (QED) is 0.614. The van der Waals surface area contributed by atoms with Crippen molar-refractivity contribution in [3.8, 4) is 0 Å². The summed E-state index contributed by atoms with van der Waals surface area (Å²) in [4.78, 5) is 25.9. The molecule has 2 aromatic rings. The van der Waals surface area contributed by atoms with Crippen LogP contribution in [0.25, 0.3) is 11.2 Å². The fourth-order valence-electron chi connectivity index (χ4n) is 3.32. The molecule has 0 saturated carbocycles. The first-order valence-corrected chi connectivity index (χ1v) is 10.5. The molecule has 0 bridgehead atoms. The summed E-state index contributed by atoms with van der Waals surface area (Å²) in [5.74, 6) is 0.915. The molecule has 1 fully saturated rings. The Balaban J connectivity index is 1.89. The predicted octanol–water partition coefficient (Wildman–Crippen LogP) is 3.13.